The van der Waals surface area contributed by atoms with E-state index in [9.17, 15) is 4.79 Å². The van der Waals surface area contributed by atoms with Gasteiger partial charge < -0.3 is 25.8 Å². The van der Waals surface area contributed by atoms with E-state index in [1.54, 1.807) is 7.11 Å². The van der Waals surface area contributed by atoms with E-state index >= 15 is 0 Å². The molecule has 1 aliphatic heterocycles. The van der Waals surface area contributed by atoms with Gasteiger partial charge >= 0.3 is 0 Å². The maximum atomic E-state index is 12.9. The van der Waals surface area contributed by atoms with Crippen molar-refractivity contribution >= 4 is 35.4 Å². The first kappa shape index (κ1) is 34.8. The number of carbonyl (C=O) groups excluding carboxylic acids is 1. The fraction of sp³-hybridized carbons (Fsp3) is 0.483. The number of benzodiazepines with no additional fused rings is 1. The molecule has 11 heteroatoms. The molecule has 0 aromatic heterocycles. The fourth-order valence-corrected chi connectivity index (χ4v) is 4.56. The summed E-state index contributed by atoms with van der Waals surface area (Å²) in [6.07, 6.45) is 2.94. The van der Waals surface area contributed by atoms with Crippen LogP contribution in [-0.4, -0.2) is 61.6 Å². The van der Waals surface area contributed by atoms with Crippen molar-refractivity contribution in [1.82, 2.24) is 10.7 Å². The second-order valence-corrected chi connectivity index (χ2v) is 9.37. The number of unbranched alkanes of at least 4 members (excludes halogenated alkanes) is 2. The molecule has 2 aromatic carbocycles. The SMILES string of the molecule is CC.COc1ccc2c(c1)C(c1ccc(Cl)cc1)=N[C@@H](CC(=O)NCCCCCN)C(C)N2C(C)NN.O=CO. The van der Waals surface area contributed by atoms with Gasteiger partial charge in [0.2, 0.25) is 5.91 Å². The molecule has 3 rings (SSSR count). The van der Waals surface area contributed by atoms with Crippen LogP contribution in [0, 0.1) is 0 Å². The summed E-state index contributed by atoms with van der Waals surface area (Å²) in [5, 5.41) is 10.6. The molecule has 0 fully saturated rings. The Morgan fingerprint density at radius 2 is 1.85 bits per heavy atom. The number of carboxylic acid groups (broad SMARTS) is 1. The summed E-state index contributed by atoms with van der Waals surface area (Å²) < 4.78 is 5.53. The molecule has 0 saturated carbocycles. The van der Waals surface area contributed by atoms with E-state index in [4.69, 9.17) is 42.8 Å². The summed E-state index contributed by atoms with van der Waals surface area (Å²) in [7, 11) is 1.64. The minimum Gasteiger partial charge on any atom is -0.497 e. The Kier molecular flexibility index (Phi) is 16.5. The normalized spacial score (nSPS) is 16.5. The summed E-state index contributed by atoms with van der Waals surface area (Å²) in [5.74, 6) is 6.59. The average Bonchev–Trinajstić information content (AvgIpc) is 3.08. The minimum atomic E-state index is -0.307. The van der Waals surface area contributed by atoms with Crippen molar-refractivity contribution < 1.29 is 19.4 Å². The van der Waals surface area contributed by atoms with Gasteiger partial charge in [0.25, 0.3) is 6.47 Å². The monoisotopic (exact) mass is 576 g/mol. The Labute approximate surface area is 243 Å². The van der Waals surface area contributed by atoms with Crippen molar-refractivity contribution in [2.75, 3.05) is 25.1 Å². The van der Waals surface area contributed by atoms with Crippen LogP contribution >= 0.6 is 11.6 Å². The van der Waals surface area contributed by atoms with Crippen LogP contribution in [0.1, 0.15) is 64.5 Å². The molecule has 0 saturated heterocycles. The number of fused-ring (bicyclic) bond motifs is 1. The quantitative estimate of drug-likeness (QED) is 0.117. The van der Waals surface area contributed by atoms with Gasteiger partial charge in [-0.25, -0.2) is 5.43 Å². The Hall–Kier alpha value is -3.18. The number of hydrogen-bond donors (Lipinski definition) is 5. The lowest BCUT2D eigenvalue weighted by atomic mass is 9.99. The van der Waals surface area contributed by atoms with Gasteiger partial charge in [-0.2, -0.15) is 0 Å². The number of halogens is 1. The number of rotatable bonds is 11. The first-order chi connectivity index (χ1) is 19.3. The maximum absolute atomic E-state index is 12.9. The minimum absolute atomic E-state index is 0.0225. The molecule has 0 radical (unpaired) electrons. The van der Waals surface area contributed by atoms with Crippen LogP contribution in [0.25, 0.3) is 0 Å². The summed E-state index contributed by atoms with van der Waals surface area (Å²) in [6, 6.07) is 13.1. The molecule has 1 aliphatic rings. The smallest absolute Gasteiger partial charge is 0.290 e. The fourth-order valence-electron chi connectivity index (χ4n) is 4.44. The Bertz CT molecular complexity index is 1070. The van der Waals surface area contributed by atoms with Crippen molar-refractivity contribution in [3.05, 3.63) is 58.6 Å². The van der Waals surface area contributed by atoms with Crippen LogP contribution in [0.15, 0.2) is 47.5 Å². The highest BCUT2D eigenvalue weighted by molar-refractivity contribution is 6.30. The molecule has 0 bridgehead atoms. The predicted octanol–water partition coefficient (Wildman–Crippen LogP) is 3.93. The van der Waals surface area contributed by atoms with Crippen molar-refractivity contribution in [2.45, 2.75) is 71.6 Å². The van der Waals surface area contributed by atoms with E-state index in [2.05, 4.69) is 22.6 Å². The average molecular weight is 577 g/mol. The highest BCUT2D eigenvalue weighted by Gasteiger charge is 2.34. The van der Waals surface area contributed by atoms with Crippen LogP contribution in [-0.2, 0) is 9.59 Å². The number of aliphatic imine (C=N–C) groups is 1. The third-order valence-electron chi connectivity index (χ3n) is 6.40. The van der Waals surface area contributed by atoms with Crippen LogP contribution in [0.2, 0.25) is 5.02 Å². The van der Waals surface area contributed by atoms with Crippen LogP contribution in [0.3, 0.4) is 0 Å². The van der Waals surface area contributed by atoms with Gasteiger partial charge in [0.1, 0.15) is 5.75 Å². The van der Waals surface area contributed by atoms with Crippen molar-refractivity contribution in [3.8, 4) is 5.75 Å². The molecule has 1 heterocycles. The maximum Gasteiger partial charge on any atom is 0.290 e. The third-order valence-corrected chi connectivity index (χ3v) is 6.65. The first-order valence-corrected chi connectivity index (χ1v) is 14.0. The van der Waals surface area contributed by atoms with Gasteiger partial charge in [0, 0.05) is 28.4 Å². The van der Waals surface area contributed by atoms with Gasteiger partial charge in [-0.05, 0) is 63.6 Å². The zero-order chi connectivity index (χ0) is 30.1. The van der Waals surface area contributed by atoms with Gasteiger partial charge in [0.15, 0.2) is 0 Å². The number of benzene rings is 2. The Morgan fingerprint density at radius 3 is 2.42 bits per heavy atom. The lowest BCUT2D eigenvalue weighted by molar-refractivity contribution is -0.123. The number of methoxy groups -OCH3 is 1. The Balaban J connectivity index is 0.00000150. The molecule has 10 nitrogen and oxygen atoms in total. The highest BCUT2D eigenvalue weighted by Crippen LogP contribution is 2.35. The van der Waals surface area contributed by atoms with Crippen molar-refractivity contribution in [3.63, 3.8) is 0 Å². The lowest BCUT2D eigenvalue weighted by Crippen LogP contribution is -2.54. The molecular formula is C29H45ClN6O4. The molecule has 40 heavy (non-hydrogen) atoms. The number of nitrogens with zero attached hydrogens (tertiary/aromatic N) is 2. The van der Waals surface area contributed by atoms with E-state index in [1.807, 2.05) is 63.2 Å². The topological polar surface area (TPSA) is 155 Å². The molecule has 0 spiro atoms. The van der Waals surface area contributed by atoms with Gasteiger partial charge in [-0.15, -0.1) is 0 Å². The first-order valence-electron chi connectivity index (χ1n) is 13.6. The summed E-state index contributed by atoms with van der Waals surface area (Å²) in [6.45, 7) is 9.13. The zero-order valence-electron chi connectivity index (χ0n) is 24.2. The molecule has 0 aliphatic carbocycles. The van der Waals surface area contributed by atoms with Gasteiger partial charge in [-0.3, -0.25) is 20.4 Å². The van der Waals surface area contributed by atoms with Gasteiger partial charge in [0.05, 0.1) is 37.5 Å². The summed E-state index contributed by atoms with van der Waals surface area (Å²) in [5.41, 5.74) is 12.0. The number of ether oxygens (including phenoxy) is 1. The molecular weight excluding hydrogens is 532 g/mol. The number of nitrogens with two attached hydrogens (primary N) is 2. The van der Waals surface area contributed by atoms with Crippen molar-refractivity contribution in [1.29, 1.82) is 0 Å². The number of nitrogens with one attached hydrogen (secondary N) is 2. The molecule has 7 N–H and O–H groups in total. The van der Waals surface area contributed by atoms with E-state index in [0.29, 0.717) is 18.1 Å². The summed E-state index contributed by atoms with van der Waals surface area (Å²) >= 11 is 6.16. The second kappa shape index (κ2) is 19.0. The zero-order valence-corrected chi connectivity index (χ0v) is 24.9. The number of anilines is 1. The van der Waals surface area contributed by atoms with Gasteiger partial charge in [-0.1, -0.05) is 44.0 Å². The molecule has 222 valence electrons. The number of hydrogen-bond acceptors (Lipinski definition) is 8. The predicted molar refractivity (Wildman–Crippen MR) is 163 cm³/mol. The highest BCUT2D eigenvalue weighted by atomic mass is 35.5. The molecule has 2 aromatic rings. The number of amides is 1. The molecule has 1 amide bonds. The molecule has 2 unspecified atom stereocenters. The lowest BCUT2D eigenvalue weighted by Gasteiger charge is -2.38. The standard InChI is InChI=1S/C26H37ClN6O2.C2H6.CH2O2/c1-17-23(16-25(34)30-14-6-4-5-13-28)31-26(19-7-9-20(27)10-8-19)22-15-21(35-3)11-12-24(22)33(17)18(2)32-29;1-2;2-1-3/h7-12,15,17-18,23,32H,4-6,13-14,16,28-29H2,1-3H3,(H,30,34);1-2H3;1H,(H,2,3)/t17?,18?,23-;;/m0../s1. The Morgan fingerprint density at radius 1 is 1.20 bits per heavy atom. The van der Waals surface area contributed by atoms with E-state index < -0.39 is 0 Å². The number of carbonyl (C=O) groups is 2. The third kappa shape index (κ3) is 10.1. The van der Waals surface area contributed by atoms with Crippen LogP contribution in [0.5, 0.6) is 5.75 Å². The van der Waals surface area contributed by atoms with Crippen molar-refractivity contribution in [2.24, 2.45) is 16.6 Å². The second-order valence-electron chi connectivity index (χ2n) is 8.93. The van der Waals surface area contributed by atoms with E-state index in [0.717, 1.165) is 47.5 Å². The van der Waals surface area contributed by atoms with Crippen LogP contribution < -0.4 is 32.0 Å². The largest absolute Gasteiger partial charge is 0.497 e. The van der Waals surface area contributed by atoms with E-state index in [1.165, 1.54) is 0 Å². The number of hydrazine groups is 1. The van der Waals surface area contributed by atoms with Crippen LogP contribution in [0.4, 0.5) is 5.69 Å². The van der Waals surface area contributed by atoms with E-state index in [-0.39, 0.29) is 37.0 Å². The summed E-state index contributed by atoms with van der Waals surface area (Å²) in [4.78, 5) is 28.6. The molecule has 3 atom stereocenters.